The third kappa shape index (κ3) is 3.23. The zero-order valence-corrected chi connectivity index (χ0v) is 15.3. The maximum absolute atomic E-state index is 12.8. The minimum atomic E-state index is -3.39. The Kier molecular flexibility index (Phi) is 4.26. The second kappa shape index (κ2) is 6.59. The van der Waals surface area contributed by atoms with Gasteiger partial charge in [-0.3, -0.25) is 5.10 Å². The van der Waals surface area contributed by atoms with Crippen molar-refractivity contribution in [3.05, 3.63) is 77.0 Å². The lowest BCUT2D eigenvalue weighted by Crippen LogP contribution is -2.27. The van der Waals surface area contributed by atoms with E-state index >= 15 is 0 Å². The molecule has 0 amide bonds. The highest BCUT2D eigenvalue weighted by molar-refractivity contribution is 7.88. The van der Waals surface area contributed by atoms with Gasteiger partial charge in [-0.1, -0.05) is 48.5 Å². The number of aromatic amines is 1. The Labute approximate surface area is 152 Å². The van der Waals surface area contributed by atoms with E-state index in [-0.39, 0.29) is 5.75 Å². The van der Waals surface area contributed by atoms with Gasteiger partial charge in [0.2, 0.25) is 10.0 Å². The molecule has 0 atom stereocenters. The fraction of sp³-hybridized carbons (Fsp3) is 0.211. The Balaban J connectivity index is 1.53. The molecule has 2 N–H and O–H groups in total. The normalized spacial score (nSPS) is 14.3. The molecule has 0 spiro atoms. The molecule has 26 heavy (non-hydrogen) atoms. The summed E-state index contributed by atoms with van der Waals surface area (Å²) in [5.74, 6) is 0.693. The number of sulfonamides is 1. The van der Waals surface area contributed by atoms with Gasteiger partial charge in [0.25, 0.3) is 0 Å². The van der Waals surface area contributed by atoms with Gasteiger partial charge in [0, 0.05) is 17.8 Å². The molecule has 3 aromatic rings. The monoisotopic (exact) mass is 368 g/mol. The molecule has 0 radical (unpaired) electrons. The SMILES string of the molecule is Cc1ccccc1Nc1n[nH]c2c1CN(S(=O)(=O)Cc1ccccc1)C2. The summed E-state index contributed by atoms with van der Waals surface area (Å²) in [6, 6.07) is 17.2. The fourth-order valence-electron chi connectivity index (χ4n) is 3.13. The molecule has 0 aliphatic carbocycles. The number of aryl methyl sites for hydroxylation is 1. The predicted molar refractivity (Wildman–Crippen MR) is 101 cm³/mol. The van der Waals surface area contributed by atoms with E-state index in [0.29, 0.717) is 18.9 Å². The number of nitrogens with zero attached hydrogens (tertiary/aromatic N) is 2. The Morgan fingerprint density at radius 3 is 2.58 bits per heavy atom. The molecule has 1 aliphatic rings. The first-order valence-corrected chi connectivity index (χ1v) is 10.0. The van der Waals surface area contributed by atoms with Gasteiger partial charge < -0.3 is 5.32 Å². The average Bonchev–Trinajstić information content (AvgIpc) is 3.20. The van der Waals surface area contributed by atoms with E-state index < -0.39 is 10.0 Å². The van der Waals surface area contributed by atoms with Crippen LogP contribution >= 0.6 is 0 Å². The predicted octanol–water partition coefficient (Wildman–Crippen LogP) is 3.31. The summed E-state index contributed by atoms with van der Waals surface area (Å²) in [5.41, 5.74) is 4.62. The van der Waals surface area contributed by atoms with Crippen LogP contribution in [0.25, 0.3) is 0 Å². The van der Waals surface area contributed by atoms with Crippen molar-refractivity contribution in [3.8, 4) is 0 Å². The molecule has 7 heteroatoms. The lowest BCUT2D eigenvalue weighted by Gasteiger charge is -2.16. The molecule has 6 nitrogen and oxygen atoms in total. The average molecular weight is 368 g/mol. The summed E-state index contributed by atoms with van der Waals surface area (Å²) >= 11 is 0. The standard InChI is InChI=1S/C19H20N4O2S/c1-14-7-5-6-10-17(14)20-19-16-11-23(12-18(16)21-22-19)26(24,25)13-15-8-3-2-4-9-15/h2-10H,11-13H2,1H3,(H2,20,21,22). The number of benzene rings is 2. The van der Waals surface area contributed by atoms with Crippen LogP contribution in [0.2, 0.25) is 0 Å². The third-order valence-corrected chi connectivity index (χ3v) is 6.35. The molecule has 0 saturated heterocycles. The number of fused-ring (bicyclic) bond motifs is 1. The van der Waals surface area contributed by atoms with Crippen LogP contribution in [0, 0.1) is 6.92 Å². The molecule has 0 fully saturated rings. The number of hydrogen-bond acceptors (Lipinski definition) is 4. The van der Waals surface area contributed by atoms with Crippen LogP contribution in [0.5, 0.6) is 0 Å². The van der Waals surface area contributed by atoms with Crippen LogP contribution < -0.4 is 5.32 Å². The van der Waals surface area contributed by atoms with Crippen molar-refractivity contribution in [1.82, 2.24) is 14.5 Å². The smallest absolute Gasteiger partial charge is 0.218 e. The molecule has 134 valence electrons. The molecule has 0 unspecified atom stereocenters. The van der Waals surface area contributed by atoms with Crippen molar-refractivity contribution in [2.75, 3.05) is 5.32 Å². The van der Waals surface area contributed by atoms with Crippen molar-refractivity contribution >= 4 is 21.5 Å². The largest absolute Gasteiger partial charge is 0.338 e. The third-order valence-electron chi connectivity index (χ3n) is 4.61. The van der Waals surface area contributed by atoms with Crippen LogP contribution in [-0.2, 0) is 28.9 Å². The number of H-pyrrole nitrogens is 1. The van der Waals surface area contributed by atoms with Crippen LogP contribution in [-0.4, -0.2) is 22.9 Å². The molecule has 1 aliphatic heterocycles. The van der Waals surface area contributed by atoms with Crippen LogP contribution in [0.15, 0.2) is 54.6 Å². The zero-order chi connectivity index (χ0) is 18.1. The van der Waals surface area contributed by atoms with E-state index in [1.165, 1.54) is 4.31 Å². The quantitative estimate of drug-likeness (QED) is 0.724. The van der Waals surface area contributed by atoms with E-state index in [1.54, 1.807) is 0 Å². The first kappa shape index (κ1) is 16.8. The van der Waals surface area contributed by atoms with Crippen molar-refractivity contribution < 1.29 is 8.42 Å². The number of rotatable bonds is 5. The highest BCUT2D eigenvalue weighted by Gasteiger charge is 2.33. The van der Waals surface area contributed by atoms with E-state index in [4.69, 9.17) is 0 Å². The first-order valence-electron chi connectivity index (χ1n) is 8.43. The topological polar surface area (TPSA) is 78.1 Å². The Bertz CT molecular complexity index is 1030. The van der Waals surface area contributed by atoms with Gasteiger partial charge in [0.05, 0.1) is 18.0 Å². The maximum atomic E-state index is 12.8. The molecule has 0 bridgehead atoms. The number of hydrogen-bond donors (Lipinski definition) is 2. The van der Waals surface area contributed by atoms with Crippen molar-refractivity contribution in [2.24, 2.45) is 0 Å². The van der Waals surface area contributed by atoms with E-state index in [0.717, 1.165) is 28.1 Å². The lowest BCUT2D eigenvalue weighted by atomic mass is 10.2. The van der Waals surface area contributed by atoms with Crippen LogP contribution in [0.3, 0.4) is 0 Å². The van der Waals surface area contributed by atoms with Gasteiger partial charge in [0.15, 0.2) is 5.82 Å². The molecule has 2 heterocycles. The summed E-state index contributed by atoms with van der Waals surface area (Å²) in [5, 5.41) is 10.6. The van der Waals surface area contributed by atoms with Gasteiger partial charge in [0.1, 0.15) is 0 Å². The summed E-state index contributed by atoms with van der Waals surface area (Å²) in [4.78, 5) is 0. The fourth-order valence-corrected chi connectivity index (χ4v) is 4.58. The first-order chi connectivity index (χ1) is 12.5. The van der Waals surface area contributed by atoms with Gasteiger partial charge in [-0.2, -0.15) is 9.40 Å². The van der Waals surface area contributed by atoms with Crippen molar-refractivity contribution in [3.63, 3.8) is 0 Å². The molecular formula is C19H20N4O2S. The Hall–Kier alpha value is -2.64. The van der Waals surface area contributed by atoms with Crippen molar-refractivity contribution in [2.45, 2.75) is 25.8 Å². The minimum Gasteiger partial charge on any atom is -0.338 e. The summed E-state index contributed by atoms with van der Waals surface area (Å²) in [6.45, 7) is 2.67. The van der Waals surface area contributed by atoms with Crippen molar-refractivity contribution in [1.29, 1.82) is 0 Å². The van der Waals surface area contributed by atoms with E-state index in [2.05, 4.69) is 15.5 Å². The highest BCUT2D eigenvalue weighted by Crippen LogP contribution is 2.32. The molecular weight excluding hydrogens is 348 g/mol. The number of para-hydroxylation sites is 1. The summed E-state index contributed by atoms with van der Waals surface area (Å²) < 4.78 is 27.0. The van der Waals surface area contributed by atoms with E-state index in [9.17, 15) is 8.42 Å². The van der Waals surface area contributed by atoms with Crippen LogP contribution in [0.4, 0.5) is 11.5 Å². The lowest BCUT2D eigenvalue weighted by molar-refractivity contribution is 0.427. The second-order valence-corrected chi connectivity index (χ2v) is 8.45. The number of aromatic nitrogens is 2. The van der Waals surface area contributed by atoms with Gasteiger partial charge in [-0.25, -0.2) is 8.42 Å². The van der Waals surface area contributed by atoms with Gasteiger partial charge in [-0.05, 0) is 24.1 Å². The van der Waals surface area contributed by atoms with Crippen LogP contribution in [0.1, 0.15) is 22.4 Å². The molecule has 1 aromatic heterocycles. The maximum Gasteiger partial charge on any atom is 0.218 e. The summed E-state index contributed by atoms with van der Waals surface area (Å²) in [7, 11) is -3.39. The van der Waals surface area contributed by atoms with Gasteiger partial charge in [-0.15, -0.1) is 0 Å². The zero-order valence-electron chi connectivity index (χ0n) is 14.4. The highest BCUT2D eigenvalue weighted by atomic mass is 32.2. The molecule has 4 rings (SSSR count). The summed E-state index contributed by atoms with van der Waals surface area (Å²) in [6.07, 6.45) is 0. The minimum absolute atomic E-state index is 0.00605. The van der Waals surface area contributed by atoms with E-state index in [1.807, 2.05) is 61.5 Å². The van der Waals surface area contributed by atoms with Gasteiger partial charge >= 0.3 is 0 Å². The molecule has 0 saturated carbocycles. The number of anilines is 2. The number of nitrogens with one attached hydrogen (secondary N) is 2. The Morgan fingerprint density at radius 2 is 1.81 bits per heavy atom. The molecule has 2 aromatic carbocycles. The second-order valence-electron chi connectivity index (χ2n) is 6.48. The Morgan fingerprint density at radius 1 is 1.08 bits per heavy atom.